The van der Waals surface area contributed by atoms with Gasteiger partial charge in [0.05, 0.1) is 22.4 Å². The molecule has 1 aromatic rings. The fourth-order valence-corrected chi connectivity index (χ4v) is 2.72. The number of fused-ring (bicyclic) bond motifs is 2. The Balaban J connectivity index is 2.37. The molecule has 92 valence electrons. The fraction of sp³-hybridized carbons (Fsp3) is 0.636. The molecule has 1 spiro atoms. The van der Waals surface area contributed by atoms with Gasteiger partial charge in [-0.05, 0) is 26.7 Å². The summed E-state index contributed by atoms with van der Waals surface area (Å²) in [6.07, 6.45) is 0.136. The van der Waals surface area contributed by atoms with E-state index in [9.17, 15) is 17.6 Å². The maximum Gasteiger partial charge on any atom is 0.339 e. The van der Waals surface area contributed by atoms with Crippen LogP contribution in [0.25, 0.3) is 0 Å². The number of hydrogen-bond acceptors (Lipinski definition) is 2. The van der Waals surface area contributed by atoms with Crippen molar-refractivity contribution in [3.8, 4) is 0 Å². The topological polar surface area (TPSA) is 25.8 Å². The highest BCUT2D eigenvalue weighted by atomic mass is 19.3. The molecule has 0 amide bonds. The molecule has 2 nitrogen and oxygen atoms in total. The monoisotopic (exact) mass is 246 g/mol. The third-order valence-corrected chi connectivity index (χ3v) is 3.71. The normalized spacial score (nSPS) is 26.0. The van der Waals surface area contributed by atoms with Crippen LogP contribution < -0.4 is 0 Å². The van der Waals surface area contributed by atoms with Crippen molar-refractivity contribution in [3.05, 3.63) is 22.8 Å². The van der Waals surface area contributed by atoms with E-state index in [1.807, 2.05) is 0 Å². The van der Waals surface area contributed by atoms with Crippen molar-refractivity contribution in [2.24, 2.45) is 0 Å². The summed E-state index contributed by atoms with van der Waals surface area (Å²) in [6.45, 7) is 2.86. The molecule has 1 aromatic heterocycles. The third kappa shape index (κ3) is 0.978. The second-order valence-corrected chi connectivity index (χ2v) is 4.81. The van der Waals surface area contributed by atoms with E-state index in [1.54, 1.807) is 0 Å². The average molecular weight is 246 g/mol. The zero-order valence-corrected chi connectivity index (χ0v) is 9.32. The predicted molar refractivity (Wildman–Crippen MR) is 51.3 cm³/mol. The third-order valence-electron chi connectivity index (χ3n) is 3.71. The van der Waals surface area contributed by atoms with Gasteiger partial charge in [-0.15, -0.1) is 0 Å². The number of hydrogen-bond donors (Lipinski definition) is 0. The van der Waals surface area contributed by atoms with Crippen molar-refractivity contribution >= 4 is 0 Å². The minimum atomic E-state index is -4.16. The molecule has 0 atom stereocenters. The Morgan fingerprint density at radius 2 is 1.59 bits per heavy atom. The number of nitrogens with zero attached hydrogens (tertiary/aromatic N) is 2. The molecule has 0 unspecified atom stereocenters. The lowest BCUT2D eigenvalue weighted by Crippen LogP contribution is -2.41. The van der Waals surface area contributed by atoms with E-state index in [-0.39, 0.29) is 30.1 Å². The van der Waals surface area contributed by atoms with Crippen LogP contribution in [-0.4, -0.2) is 15.9 Å². The summed E-state index contributed by atoms with van der Waals surface area (Å²) in [4.78, 5) is 7.63. The first-order chi connectivity index (χ1) is 7.74. The molecule has 0 bridgehead atoms. The van der Waals surface area contributed by atoms with Gasteiger partial charge in [0.15, 0.2) is 0 Å². The van der Waals surface area contributed by atoms with Gasteiger partial charge in [0.25, 0.3) is 0 Å². The summed E-state index contributed by atoms with van der Waals surface area (Å²) in [6, 6.07) is 0. The van der Waals surface area contributed by atoms with E-state index in [2.05, 4.69) is 9.97 Å². The second-order valence-electron chi connectivity index (χ2n) is 4.81. The van der Waals surface area contributed by atoms with Gasteiger partial charge in [-0.3, -0.25) is 0 Å². The van der Waals surface area contributed by atoms with Crippen LogP contribution in [0.4, 0.5) is 17.6 Å². The van der Waals surface area contributed by atoms with E-state index in [1.165, 1.54) is 13.8 Å². The summed E-state index contributed by atoms with van der Waals surface area (Å²) in [7, 11) is 0. The van der Waals surface area contributed by atoms with Crippen LogP contribution in [-0.2, 0) is 11.3 Å². The van der Waals surface area contributed by atoms with Crippen LogP contribution in [0.1, 0.15) is 35.6 Å². The van der Waals surface area contributed by atoms with Gasteiger partial charge >= 0.3 is 11.8 Å². The van der Waals surface area contributed by atoms with Crippen molar-refractivity contribution < 1.29 is 17.6 Å². The molecule has 2 aliphatic carbocycles. The Labute approximate surface area is 95.1 Å². The van der Waals surface area contributed by atoms with Crippen molar-refractivity contribution in [1.29, 1.82) is 0 Å². The van der Waals surface area contributed by atoms with E-state index < -0.39 is 22.8 Å². The van der Waals surface area contributed by atoms with Gasteiger partial charge in [0.1, 0.15) is 5.82 Å². The SMILES string of the molecule is Cc1nc(C)c2c(n1)C1(CC1)C(F)(F)C2(F)F. The Hall–Kier alpha value is -1.20. The molecule has 0 aliphatic heterocycles. The lowest BCUT2D eigenvalue weighted by Gasteiger charge is -2.23. The molecule has 17 heavy (non-hydrogen) atoms. The molecule has 1 heterocycles. The lowest BCUT2D eigenvalue weighted by atomic mass is 9.99. The highest BCUT2D eigenvalue weighted by molar-refractivity contribution is 5.49. The molecule has 0 aromatic carbocycles. The predicted octanol–water partition coefficient (Wildman–Crippen LogP) is 2.87. The standard InChI is InChI=1S/C11H10F4N2/c1-5-7-8(17-6(2)16-5)9(3-4-9)11(14,15)10(7,12)13/h3-4H2,1-2H3. The van der Waals surface area contributed by atoms with Crippen molar-refractivity contribution in [2.45, 2.75) is 43.9 Å². The summed E-state index contributed by atoms with van der Waals surface area (Å²) in [5.41, 5.74) is -2.59. The minimum absolute atomic E-state index is 0.0408. The van der Waals surface area contributed by atoms with Crippen LogP contribution in [0.2, 0.25) is 0 Å². The maximum atomic E-state index is 13.8. The number of aromatic nitrogens is 2. The number of halogens is 4. The molecule has 6 heteroatoms. The van der Waals surface area contributed by atoms with Crippen LogP contribution in [0, 0.1) is 13.8 Å². The highest BCUT2D eigenvalue weighted by Crippen LogP contribution is 2.71. The first kappa shape index (κ1) is 10.9. The van der Waals surface area contributed by atoms with Gasteiger partial charge in [-0.25, -0.2) is 9.97 Å². The average Bonchev–Trinajstić information content (AvgIpc) is 2.93. The molecule has 1 saturated carbocycles. The molecule has 2 aliphatic rings. The Bertz CT molecular complexity index is 520. The summed E-state index contributed by atoms with van der Waals surface area (Å²) < 4.78 is 55.3. The van der Waals surface area contributed by atoms with E-state index in [0.29, 0.717) is 0 Å². The number of alkyl halides is 4. The molecule has 0 saturated heterocycles. The number of aryl methyl sites for hydroxylation is 2. The van der Waals surface area contributed by atoms with Crippen molar-refractivity contribution in [1.82, 2.24) is 9.97 Å². The van der Waals surface area contributed by atoms with E-state index >= 15 is 0 Å². The Kier molecular flexibility index (Phi) is 1.68. The molecule has 3 rings (SSSR count). The summed E-state index contributed by atoms with van der Waals surface area (Å²) >= 11 is 0. The van der Waals surface area contributed by atoms with Crippen LogP contribution in [0.3, 0.4) is 0 Å². The van der Waals surface area contributed by atoms with Crippen LogP contribution >= 0.6 is 0 Å². The van der Waals surface area contributed by atoms with Gasteiger partial charge in [-0.1, -0.05) is 0 Å². The molecular formula is C11H10F4N2. The van der Waals surface area contributed by atoms with Gasteiger partial charge in [-0.2, -0.15) is 17.6 Å². The minimum Gasteiger partial charge on any atom is -0.238 e. The zero-order valence-electron chi connectivity index (χ0n) is 9.32. The van der Waals surface area contributed by atoms with Gasteiger partial charge in [0.2, 0.25) is 0 Å². The summed E-state index contributed by atoms with van der Waals surface area (Å²) in [5, 5.41) is 0. The molecule has 0 N–H and O–H groups in total. The molecule has 1 fully saturated rings. The van der Waals surface area contributed by atoms with E-state index in [0.717, 1.165) is 0 Å². The van der Waals surface area contributed by atoms with E-state index in [4.69, 9.17) is 0 Å². The van der Waals surface area contributed by atoms with Crippen molar-refractivity contribution in [2.75, 3.05) is 0 Å². The second kappa shape index (κ2) is 2.62. The lowest BCUT2D eigenvalue weighted by molar-refractivity contribution is -0.221. The van der Waals surface area contributed by atoms with Crippen LogP contribution in [0.15, 0.2) is 0 Å². The van der Waals surface area contributed by atoms with Gasteiger partial charge < -0.3 is 0 Å². The first-order valence-corrected chi connectivity index (χ1v) is 5.36. The zero-order chi connectivity index (χ0) is 12.6. The summed E-state index contributed by atoms with van der Waals surface area (Å²) in [5.74, 6) is -7.94. The quantitative estimate of drug-likeness (QED) is 0.658. The first-order valence-electron chi connectivity index (χ1n) is 5.36. The van der Waals surface area contributed by atoms with Crippen LogP contribution in [0.5, 0.6) is 0 Å². The smallest absolute Gasteiger partial charge is 0.238 e. The maximum absolute atomic E-state index is 13.8. The Morgan fingerprint density at radius 3 is 2.12 bits per heavy atom. The van der Waals surface area contributed by atoms with Gasteiger partial charge in [0, 0.05) is 0 Å². The fourth-order valence-electron chi connectivity index (χ4n) is 2.72. The Morgan fingerprint density at radius 1 is 1.00 bits per heavy atom. The number of rotatable bonds is 0. The molecular weight excluding hydrogens is 236 g/mol. The largest absolute Gasteiger partial charge is 0.339 e. The molecule has 0 radical (unpaired) electrons. The van der Waals surface area contributed by atoms with Crippen molar-refractivity contribution in [3.63, 3.8) is 0 Å². The highest BCUT2D eigenvalue weighted by Gasteiger charge is 2.81.